The van der Waals surface area contributed by atoms with Crippen molar-refractivity contribution in [2.75, 3.05) is 46.4 Å². The van der Waals surface area contributed by atoms with Gasteiger partial charge in [0.1, 0.15) is 27.2 Å². The number of aliphatic hydroxyl groups excluding tert-OH is 1. The van der Waals surface area contributed by atoms with Crippen LogP contribution in [0.1, 0.15) is 19.0 Å². The average molecular weight is 507 g/mol. The number of aromatic nitrogens is 4. The van der Waals surface area contributed by atoms with Gasteiger partial charge in [0.2, 0.25) is 10.0 Å². The molecule has 1 aliphatic heterocycles. The molecule has 0 bridgehead atoms. The van der Waals surface area contributed by atoms with Crippen LogP contribution < -0.4 is 4.74 Å². The van der Waals surface area contributed by atoms with E-state index in [-0.39, 0.29) is 11.5 Å². The summed E-state index contributed by atoms with van der Waals surface area (Å²) in [6.07, 6.45) is 1.67. The summed E-state index contributed by atoms with van der Waals surface area (Å²) < 4.78 is 36.0. The fourth-order valence-electron chi connectivity index (χ4n) is 4.30. The van der Waals surface area contributed by atoms with Crippen molar-refractivity contribution >= 4 is 33.3 Å². The van der Waals surface area contributed by atoms with Gasteiger partial charge in [-0.15, -0.1) is 0 Å². The lowest BCUT2D eigenvalue weighted by Crippen LogP contribution is -2.49. The zero-order chi connectivity index (χ0) is 24.5. The minimum atomic E-state index is -3.72. The number of piperazine rings is 1. The number of nitrogens with one attached hydrogen (secondary N) is 1. The van der Waals surface area contributed by atoms with E-state index < -0.39 is 10.0 Å². The van der Waals surface area contributed by atoms with Crippen LogP contribution >= 0.6 is 12.2 Å². The number of β-amino-alcohol motifs (C(OH)–C–C–N with tert-alkyl or cyclic N) is 1. The first-order chi connectivity index (χ1) is 16.3. The van der Waals surface area contributed by atoms with E-state index in [1.165, 1.54) is 11.4 Å². The smallest absolute Gasteiger partial charge is 0.243 e. The van der Waals surface area contributed by atoms with Crippen molar-refractivity contribution in [2.24, 2.45) is 7.05 Å². The molecule has 0 radical (unpaired) electrons. The lowest BCUT2D eigenvalue weighted by Gasteiger charge is -2.33. The zero-order valence-electron chi connectivity index (χ0n) is 19.6. The number of methoxy groups -OCH3 is 1. The van der Waals surface area contributed by atoms with Crippen LogP contribution in [0.15, 0.2) is 23.1 Å². The van der Waals surface area contributed by atoms with Gasteiger partial charge in [-0.25, -0.2) is 13.4 Å². The van der Waals surface area contributed by atoms with Crippen molar-refractivity contribution < 1.29 is 18.3 Å². The van der Waals surface area contributed by atoms with E-state index in [4.69, 9.17) is 27.0 Å². The van der Waals surface area contributed by atoms with Crippen molar-refractivity contribution in [1.29, 1.82) is 0 Å². The number of fused-ring (bicyclic) bond motifs is 1. The molecule has 0 unspecified atom stereocenters. The summed E-state index contributed by atoms with van der Waals surface area (Å²) in [4.78, 5) is 10.2. The number of aryl methyl sites for hydroxylation is 2. The van der Waals surface area contributed by atoms with Gasteiger partial charge >= 0.3 is 0 Å². The number of ether oxygens (including phenoxy) is 1. The minimum Gasteiger partial charge on any atom is -0.496 e. The largest absolute Gasteiger partial charge is 0.496 e. The highest BCUT2D eigenvalue weighted by molar-refractivity contribution is 7.89. The predicted molar refractivity (Wildman–Crippen MR) is 132 cm³/mol. The van der Waals surface area contributed by atoms with Crippen LogP contribution in [0.5, 0.6) is 5.75 Å². The summed E-state index contributed by atoms with van der Waals surface area (Å²) in [6.45, 7) is 4.57. The van der Waals surface area contributed by atoms with E-state index in [0.29, 0.717) is 60.0 Å². The Morgan fingerprint density at radius 2 is 1.97 bits per heavy atom. The maximum Gasteiger partial charge on any atom is 0.243 e. The first-order valence-corrected chi connectivity index (χ1v) is 13.1. The molecule has 1 saturated heterocycles. The Morgan fingerprint density at radius 3 is 2.62 bits per heavy atom. The summed E-state index contributed by atoms with van der Waals surface area (Å²) >= 11 is 5.60. The number of nitrogens with zero attached hydrogens (tertiary/aromatic N) is 5. The van der Waals surface area contributed by atoms with Crippen molar-refractivity contribution in [3.63, 3.8) is 0 Å². The van der Waals surface area contributed by atoms with Gasteiger partial charge in [0, 0.05) is 39.8 Å². The average Bonchev–Trinajstić information content (AvgIpc) is 3.15. The Bertz CT molecular complexity index is 1340. The van der Waals surface area contributed by atoms with Gasteiger partial charge in [-0.2, -0.15) is 9.40 Å². The summed E-state index contributed by atoms with van der Waals surface area (Å²) in [5.41, 5.74) is 2.82. The van der Waals surface area contributed by atoms with Gasteiger partial charge in [0.15, 0.2) is 0 Å². The lowest BCUT2D eigenvalue weighted by atomic mass is 10.1. The van der Waals surface area contributed by atoms with E-state index in [0.717, 1.165) is 24.1 Å². The molecule has 1 aromatic carbocycles. The quantitative estimate of drug-likeness (QED) is 0.446. The molecule has 3 heterocycles. The topological polar surface area (TPSA) is 117 Å². The zero-order valence-corrected chi connectivity index (χ0v) is 21.2. The predicted octanol–water partition coefficient (Wildman–Crippen LogP) is 1.95. The van der Waals surface area contributed by atoms with Crippen LogP contribution in [-0.2, 0) is 23.5 Å². The number of hydrogen-bond acceptors (Lipinski definition) is 8. The molecule has 0 aliphatic carbocycles. The summed E-state index contributed by atoms with van der Waals surface area (Å²) in [5.74, 6) is 0.926. The maximum atomic E-state index is 13.4. The molecule has 12 heteroatoms. The third-order valence-corrected chi connectivity index (χ3v) is 8.25. The second-order valence-corrected chi connectivity index (χ2v) is 10.6. The number of H-pyrrole nitrogens is 1. The SMILES string of the molecule is CCCc1nn(C)c2c(=S)[nH]c(-c3cc(S(=O)(=O)N4CCN(CCO)CC4)ccc3OC)nc12. The fraction of sp³-hybridized carbons (Fsp3) is 0.500. The molecule has 0 saturated carbocycles. The summed E-state index contributed by atoms with van der Waals surface area (Å²) in [5, 5.41) is 13.7. The molecule has 10 nitrogen and oxygen atoms in total. The van der Waals surface area contributed by atoms with Crippen molar-refractivity contribution in [3.05, 3.63) is 28.5 Å². The molecule has 34 heavy (non-hydrogen) atoms. The second-order valence-electron chi connectivity index (χ2n) is 8.26. The lowest BCUT2D eigenvalue weighted by molar-refractivity contribution is 0.151. The molecule has 4 rings (SSSR count). The summed E-state index contributed by atoms with van der Waals surface area (Å²) in [7, 11) is -0.348. The first kappa shape index (κ1) is 24.7. The third-order valence-electron chi connectivity index (χ3n) is 6.06. The van der Waals surface area contributed by atoms with Crippen molar-refractivity contribution in [1.82, 2.24) is 29.0 Å². The third kappa shape index (κ3) is 4.60. The van der Waals surface area contributed by atoms with Gasteiger partial charge in [-0.05, 0) is 24.6 Å². The fourth-order valence-corrected chi connectivity index (χ4v) is 6.07. The Morgan fingerprint density at radius 1 is 1.24 bits per heavy atom. The molecule has 0 amide bonds. The minimum absolute atomic E-state index is 0.0597. The van der Waals surface area contributed by atoms with Crippen LogP contribution in [0.3, 0.4) is 0 Å². The summed E-state index contributed by atoms with van der Waals surface area (Å²) in [6, 6.07) is 4.78. The van der Waals surface area contributed by atoms with Gasteiger partial charge in [-0.3, -0.25) is 9.58 Å². The van der Waals surface area contributed by atoms with E-state index in [1.807, 2.05) is 11.9 Å². The first-order valence-electron chi connectivity index (χ1n) is 11.3. The maximum absolute atomic E-state index is 13.4. The normalized spacial score (nSPS) is 15.8. The van der Waals surface area contributed by atoms with Crippen LogP contribution in [0.4, 0.5) is 0 Å². The van der Waals surface area contributed by atoms with E-state index in [9.17, 15) is 8.42 Å². The molecule has 2 aromatic heterocycles. The molecule has 1 fully saturated rings. The highest BCUT2D eigenvalue weighted by Gasteiger charge is 2.29. The molecule has 0 spiro atoms. The molecule has 1 aliphatic rings. The molecular weight excluding hydrogens is 476 g/mol. The van der Waals surface area contributed by atoms with E-state index in [2.05, 4.69) is 17.0 Å². The highest BCUT2D eigenvalue weighted by atomic mass is 32.2. The highest BCUT2D eigenvalue weighted by Crippen LogP contribution is 2.33. The number of hydrogen-bond donors (Lipinski definition) is 2. The Hall–Kier alpha value is -2.38. The number of rotatable bonds is 8. The van der Waals surface area contributed by atoms with Crippen LogP contribution in [-0.4, -0.2) is 88.9 Å². The number of aromatic amines is 1. The Labute approximate surface area is 204 Å². The Kier molecular flexibility index (Phi) is 7.33. The molecule has 3 aromatic rings. The molecule has 0 atom stereocenters. The van der Waals surface area contributed by atoms with E-state index in [1.54, 1.807) is 22.9 Å². The number of benzene rings is 1. The molecule has 184 valence electrons. The van der Waals surface area contributed by atoms with Crippen LogP contribution in [0.2, 0.25) is 0 Å². The number of sulfonamides is 1. The number of aliphatic hydroxyl groups is 1. The standard InChI is InChI=1S/C22H30N6O4S2/c1-4-5-17-19-20(26(2)25-17)22(33)24-21(23-19)16-14-15(6-7-18(16)32-3)34(30,31)28-10-8-27(9-11-28)12-13-29/h6-7,14,29H,4-5,8-13H2,1-3H3,(H,23,24,33). The van der Waals surface area contributed by atoms with Gasteiger partial charge in [-0.1, -0.05) is 25.6 Å². The van der Waals surface area contributed by atoms with Crippen molar-refractivity contribution in [2.45, 2.75) is 24.7 Å². The molecule has 2 N–H and O–H groups in total. The van der Waals surface area contributed by atoms with Crippen LogP contribution in [0, 0.1) is 4.64 Å². The van der Waals surface area contributed by atoms with Gasteiger partial charge < -0.3 is 14.8 Å². The molecular formula is C22H30N6O4S2. The van der Waals surface area contributed by atoms with Crippen LogP contribution in [0.25, 0.3) is 22.4 Å². The monoisotopic (exact) mass is 506 g/mol. The second kappa shape index (κ2) is 10.1. The van der Waals surface area contributed by atoms with Gasteiger partial charge in [0.05, 0.1) is 29.9 Å². The van der Waals surface area contributed by atoms with Gasteiger partial charge in [0.25, 0.3) is 0 Å². The van der Waals surface area contributed by atoms with E-state index >= 15 is 0 Å². The van der Waals surface area contributed by atoms with Crippen molar-refractivity contribution in [3.8, 4) is 17.1 Å². The Balaban J connectivity index is 1.76.